The summed E-state index contributed by atoms with van der Waals surface area (Å²) in [5, 5.41) is 0.714. The average Bonchev–Trinajstić information content (AvgIpc) is 3.20. The number of β-lactam (4-membered cyclic amide) rings is 1. The van der Waals surface area contributed by atoms with Crippen LogP contribution in [0.1, 0.15) is 45.1 Å². The molecule has 0 N–H and O–H groups in total. The number of hydrogen-bond donors (Lipinski definition) is 0. The number of nitrogens with zero attached hydrogens (tertiary/aromatic N) is 2. The lowest BCUT2D eigenvalue weighted by molar-refractivity contribution is -0.161. The summed E-state index contributed by atoms with van der Waals surface area (Å²) in [6, 6.07) is 8.07. The van der Waals surface area contributed by atoms with E-state index in [1.807, 2.05) is 30.3 Å². The summed E-state index contributed by atoms with van der Waals surface area (Å²) < 4.78 is 11.4. The van der Waals surface area contributed by atoms with Crippen molar-refractivity contribution in [2.75, 3.05) is 12.5 Å². The Morgan fingerprint density at radius 1 is 1.31 bits per heavy atom. The molecule has 1 fully saturated rings. The lowest BCUT2D eigenvalue weighted by Crippen LogP contribution is -2.66. The molecule has 0 radical (unpaired) electrons. The fraction of sp³-hybridized carbons (Fsp3) is 0.542. The first-order valence-corrected chi connectivity index (χ1v) is 12.5. The SMILES string of the molecule is C=C(CCl)C(C(=O)OCc1ccccc1)N1C(=O)C2N=C(CCC(CC)OCCC)SC21. The third-order valence-electron chi connectivity index (χ3n) is 5.57. The van der Waals surface area contributed by atoms with Crippen molar-refractivity contribution in [3.05, 3.63) is 48.0 Å². The number of likely N-dealkylation sites (tertiary alicyclic amines) is 1. The summed E-state index contributed by atoms with van der Waals surface area (Å²) in [7, 11) is 0. The van der Waals surface area contributed by atoms with Crippen LogP contribution in [0.5, 0.6) is 0 Å². The average molecular weight is 479 g/mol. The Kier molecular flexibility index (Phi) is 9.20. The van der Waals surface area contributed by atoms with Gasteiger partial charge in [0.05, 0.1) is 11.1 Å². The van der Waals surface area contributed by atoms with Gasteiger partial charge in [-0.2, -0.15) is 0 Å². The molecule has 0 spiro atoms. The van der Waals surface area contributed by atoms with E-state index in [-0.39, 0.29) is 29.9 Å². The minimum atomic E-state index is -0.900. The van der Waals surface area contributed by atoms with E-state index >= 15 is 0 Å². The molecule has 174 valence electrons. The quantitative estimate of drug-likeness (QED) is 0.180. The molecule has 2 aliphatic rings. The summed E-state index contributed by atoms with van der Waals surface area (Å²) in [6.45, 7) is 9.02. The molecule has 0 saturated carbocycles. The zero-order valence-electron chi connectivity index (χ0n) is 18.7. The molecule has 4 atom stereocenters. The highest BCUT2D eigenvalue weighted by atomic mass is 35.5. The van der Waals surface area contributed by atoms with E-state index in [1.54, 1.807) is 11.8 Å². The van der Waals surface area contributed by atoms with Crippen molar-refractivity contribution < 1.29 is 19.1 Å². The van der Waals surface area contributed by atoms with Crippen LogP contribution in [0.4, 0.5) is 0 Å². The lowest BCUT2D eigenvalue weighted by Gasteiger charge is -2.45. The third kappa shape index (κ3) is 5.74. The van der Waals surface area contributed by atoms with E-state index in [2.05, 4.69) is 25.4 Å². The zero-order chi connectivity index (χ0) is 23.1. The van der Waals surface area contributed by atoms with Crippen LogP contribution in [0.15, 0.2) is 47.5 Å². The van der Waals surface area contributed by atoms with Gasteiger partial charge in [0, 0.05) is 12.5 Å². The number of fused-ring (bicyclic) bond motifs is 1. The van der Waals surface area contributed by atoms with E-state index < -0.39 is 18.1 Å². The maximum absolute atomic E-state index is 12.9. The minimum absolute atomic E-state index is 0.0671. The monoisotopic (exact) mass is 478 g/mol. The number of thioether (sulfide) groups is 1. The van der Waals surface area contributed by atoms with Crippen LogP contribution in [-0.2, 0) is 25.7 Å². The number of carbonyl (C=O) groups excluding carboxylic acids is 2. The molecule has 1 aromatic rings. The van der Waals surface area contributed by atoms with Crippen LogP contribution >= 0.6 is 23.4 Å². The number of amides is 1. The molecule has 1 amide bonds. The highest BCUT2D eigenvalue weighted by molar-refractivity contribution is 8.14. The maximum Gasteiger partial charge on any atom is 0.333 e. The number of aliphatic imine (C=N–C) groups is 1. The first-order valence-electron chi connectivity index (χ1n) is 11.1. The number of benzene rings is 1. The van der Waals surface area contributed by atoms with Gasteiger partial charge in [-0.15, -0.1) is 11.6 Å². The highest BCUT2D eigenvalue weighted by Gasteiger charge is 2.56. The number of carbonyl (C=O) groups is 2. The predicted molar refractivity (Wildman–Crippen MR) is 129 cm³/mol. The number of alkyl halides is 1. The Balaban J connectivity index is 1.60. The topological polar surface area (TPSA) is 68.2 Å². The van der Waals surface area contributed by atoms with Crippen molar-refractivity contribution in [1.82, 2.24) is 4.90 Å². The Bertz CT molecular complexity index is 848. The molecule has 1 saturated heterocycles. The summed E-state index contributed by atoms with van der Waals surface area (Å²) in [4.78, 5) is 31.9. The number of esters is 1. The zero-order valence-corrected chi connectivity index (χ0v) is 20.2. The van der Waals surface area contributed by atoms with Gasteiger partial charge in [0.15, 0.2) is 12.1 Å². The molecular weight excluding hydrogens is 448 g/mol. The van der Waals surface area contributed by atoms with Crippen molar-refractivity contribution >= 4 is 40.3 Å². The lowest BCUT2D eigenvalue weighted by atomic mass is 10.00. The van der Waals surface area contributed by atoms with Crippen LogP contribution in [0, 0.1) is 0 Å². The molecule has 0 aliphatic carbocycles. The Morgan fingerprint density at radius 2 is 2.06 bits per heavy atom. The van der Waals surface area contributed by atoms with Crippen molar-refractivity contribution in [2.45, 2.75) is 69.7 Å². The number of halogens is 1. The highest BCUT2D eigenvalue weighted by Crippen LogP contribution is 2.42. The smallest absolute Gasteiger partial charge is 0.333 e. The van der Waals surface area contributed by atoms with E-state index in [1.165, 1.54) is 4.90 Å². The Hall–Kier alpha value is -1.83. The first-order chi connectivity index (χ1) is 15.5. The minimum Gasteiger partial charge on any atom is -0.459 e. The van der Waals surface area contributed by atoms with Crippen molar-refractivity contribution in [2.24, 2.45) is 4.99 Å². The van der Waals surface area contributed by atoms with E-state index in [4.69, 9.17) is 21.1 Å². The number of ether oxygens (including phenoxy) is 2. The number of hydrogen-bond acceptors (Lipinski definition) is 6. The van der Waals surface area contributed by atoms with Crippen LogP contribution in [0.25, 0.3) is 0 Å². The van der Waals surface area contributed by atoms with Crippen LogP contribution in [-0.4, -0.2) is 57.9 Å². The van der Waals surface area contributed by atoms with Gasteiger partial charge in [0.2, 0.25) is 0 Å². The van der Waals surface area contributed by atoms with E-state index in [0.717, 1.165) is 42.9 Å². The molecule has 0 bridgehead atoms. The second-order valence-corrected chi connectivity index (χ2v) is 9.41. The second kappa shape index (κ2) is 11.9. The fourth-order valence-electron chi connectivity index (χ4n) is 3.76. The second-order valence-electron chi connectivity index (χ2n) is 7.95. The van der Waals surface area contributed by atoms with Gasteiger partial charge < -0.3 is 14.4 Å². The Morgan fingerprint density at radius 3 is 2.72 bits per heavy atom. The molecule has 0 aromatic heterocycles. The third-order valence-corrected chi connectivity index (χ3v) is 7.22. The van der Waals surface area contributed by atoms with Crippen LogP contribution in [0.3, 0.4) is 0 Å². The largest absolute Gasteiger partial charge is 0.459 e. The molecule has 2 heterocycles. The van der Waals surface area contributed by atoms with Crippen LogP contribution in [0.2, 0.25) is 0 Å². The van der Waals surface area contributed by atoms with Gasteiger partial charge in [-0.05, 0) is 36.8 Å². The molecule has 2 aliphatic heterocycles. The van der Waals surface area contributed by atoms with Gasteiger partial charge >= 0.3 is 5.97 Å². The molecule has 4 unspecified atom stereocenters. The molecule has 1 aromatic carbocycles. The van der Waals surface area contributed by atoms with E-state index in [9.17, 15) is 9.59 Å². The van der Waals surface area contributed by atoms with Gasteiger partial charge in [-0.3, -0.25) is 9.79 Å². The standard InChI is InChI=1S/C24H31ClN2O4S/c1-4-13-30-18(5-2)11-12-19-26-20-22(28)27(23(20)32-19)21(16(3)14-25)24(29)31-15-17-9-7-6-8-10-17/h6-10,18,20-21,23H,3-5,11-15H2,1-2H3. The van der Waals surface area contributed by atoms with Crippen molar-refractivity contribution in [1.29, 1.82) is 0 Å². The molecule has 6 nitrogen and oxygen atoms in total. The normalized spacial score (nSPS) is 21.4. The van der Waals surface area contributed by atoms with Gasteiger partial charge in [-0.1, -0.05) is 62.5 Å². The summed E-state index contributed by atoms with van der Waals surface area (Å²) in [5.74, 6) is -0.628. The Labute approximate surface area is 199 Å². The van der Waals surface area contributed by atoms with Gasteiger partial charge in [-0.25, -0.2) is 4.79 Å². The fourth-order valence-corrected chi connectivity index (χ4v) is 5.25. The van der Waals surface area contributed by atoms with Crippen molar-refractivity contribution in [3.8, 4) is 0 Å². The first kappa shape index (κ1) is 24.8. The van der Waals surface area contributed by atoms with Gasteiger partial charge in [0.1, 0.15) is 12.0 Å². The summed E-state index contributed by atoms with van der Waals surface area (Å²) in [6.07, 6.45) is 3.76. The van der Waals surface area contributed by atoms with Crippen LogP contribution < -0.4 is 0 Å². The van der Waals surface area contributed by atoms with Gasteiger partial charge in [0.25, 0.3) is 5.91 Å². The summed E-state index contributed by atoms with van der Waals surface area (Å²) >= 11 is 7.54. The molecular formula is C24H31ClN2O4S. The molecule has 8 heteroatoms. The molecule has 3 rings (SSSR count). The maximum atomic E-state index is 12.9. The molecule has 32 heavy (non-hydrogen) atoms. The summed E-state index contributed by atoms with van der Waals surface area (Å²) in [5.41, 5.74) is 1.32. The number of rotatable bonds is 13. The van der Waals surface area contributed by atoms with Crippen molar-refractivity contribution in [3.63, 3.8) is 0 Å². The predicted octanol–water partition coefficient (Wildman–Crippen LogP) is 4.56. The van der Waals surface area contributed by atoms with E-state index in [0.29, 0.717) is 5.57 Å².